The molecular formula is C16H24N6O3S. The molecule has 1 aliphatic heterocycles. The van der Waals surface area contributed by atoms with Crippen molar-refractivity contribution in [1.82, 2.24) is 24.2 Å². The number of hydrogen-bond acceptors (Lipinski definition) is 7. The molecule has 3 heterocycles. The van der Waals surface area contributed by atoms with Crippen LogP contribution in [0, 0.1) is 0 Å². The molecule has 1 aliphatic rings. The van der Waals surface area contributed by atoms with Gasteiger partial charge in [-0.1, -0.05) is 13.8 Å². The van der Waals surface area contributed by atoms with Gasteiger partial charge < -0.3 is 14.2 Å². The van der Waals surface area contributed by atoms with Crippen LogP contribution < -0.4 is 9.62 Å². The van der Waals surface area contributed by atoms with Crippen LogP contribution in [0.2, 0.25) is 0 Å². The summed E-state index contributed by atoms with van der Waals surface area (Å²) in [6.07, 6.45) is 3.15. The van der Waals surface area contributed by atoms with Crippen LogP contribution in [-0.2, 0) is 28.4 Å². The Balaban J connectivity index is 1.70. The molecule has 2 aromatic heterocycles. The number of nitrogens with zero attached hydrogens (tertiary/aromatic N) is 5. The summed E-state index contributed by atoms with van der Waals surface area (Å²) in [6, 6.07) is 1.82. The van der Waals surface area contributed by atoms with Crippen LogP contribution in [-0.4, -0.2) is 54.2 Å². The molecule has 0 bridgehead atoms. The van der Waals surface area contributed by atoms with Gasteiger partial charge in [-0.05, 0) is 6.07 Å². The molecule has 0 atom stereocenters. The highest BCUT2D eigenvalue weighted by Gasteiger charge is 2.21. The lowest BCUT2D eigenvalue weighted by Crippen LogP contribution is -2.37. The Bertz CT molecular complexity index is 859. The van der Waals surface area contributed by atoms with Gasteiger partial charge in [0.25, 0.3) is 10.0 Å². The first kappa shape index (κ1) is 18.7. The van der Waals surface area contributed by atoms with Crippen molar-refractivity contribution >= 4 is 15.8 Å². The first-order valence-corrected chi connectivity index (χ1v) is 10.0. The Hall–Kier alpha value is -2.04. The van der Waals surface area contributed by atoms with Gasteiger partial charge in [-0.15, -0.1) is 0 Å². The number of anilines is 1. The Morgan fingerprint density at radius 1 is 1.27 bits per heavy atom. The van der Waals surface area contributed by atoms with Crippen LogP contribution in [0.25, 0.3) is 0 Å². The molecule has 1 fully saturated rings. The number of imidazole rings is 1. The third-order valence-corrected chi connectivity index (χ3v) is 5.40. The third kappa shape index (κ3) is 4.19. The zero-order valence-corrected chi connectivity index (χ0v) is 16.0. The van der Waals surface area contributed by atoms with Gasteiger partial charge in [0.2, 0.25) is 0 Å². The molecule has 2 aromatic rings. The molecule has 10 heteroatoms. The van der Waals surface area contributed by atoms with E-state index in [1.54, 1.807) is 17.8 Å². The van der Waals surface area contributed by atoms with Crippen LogP contribution in [0.5, 0.6) is 0 Å². The lowest BCUT2D eigenvalue weighted by Gasteiger charge is -2.27. The van der Waals surface area contributed by atoms with Crippen molar-refractivity contribution in [3.05, 3.63) is 30.1 Å². The minimum absolute atomic E-state index is 0.00744. The summed E-state index contributed by atoms with van der Waals surface area (Å²) in [4.78, 5) is 14.9. The second-order valence-corrected chi connectivity index (χ2v) is 8.17. The summed E-state index contributed by atoms with van der Waals surface area (Å²) < 4.78 is 34.6. The van der Waals surface area contributed by atoms with Crippen molar-refractivity contribution in [2.45, 2.75) is 31.3 Å². The first-order chi connectivity index (χ1) is 12.4. The van der Waals surface area contributed by atoms with E-state index in [-0.39, 0.29) is 17.5 Å². The molecule has 0 aliphatic carbocycles. The van der Waals surface area contributed by atoms with E-state index in [9.17, 15) is 8.42 Å². The van der Waals surface area contributed by atoms with E-state index in [0.29, 0.717) is 19.0 Å². The minimum atomic E-state index is -3.73. The predicted molar refractivity (Wildman–Crippen MR) is 96.4 cm³/mol. The molecule has 1 N–H and O–H groups in total. The highest BCUT2D eigenvalue weighted by Crippen LogP contribution is 2.16. The maximum atomic E-state index is 12.5. The quantitative estimate of drug-likeness (QED) is 0.785. The first-order valence-electron chi connectivity index (χ1n) is 8.54. The van der Waals surface area contributed by atoms with E-state index in [1.807, 2.05) is 19.9 Å². The lowest BCUT2D eigenvalue weighted by atomic mass is 10.2. The van der Waals surface area contributed by atoms with Gasteiger partial charge in [0.05, 0.1) is 19.8 Å². The van der Waals surface area contributed by atoms with Crippen LogP contribution >= 0.6 is 0 Å². The summed E-state index contributed by atoms with van der Waals surface area (Å²) in [6.45, 7) is 6.78. The van der Waals surface area contributed by atoms with Crippen LogP contribution in [0.15, 0.2) is 23.5 Å². The number of hydrogen-bond donors (Lipinski definition) is 1. The van der Waals surface area contributed by atoms with E-state index in [0.717, 1.165) is 24.7 Å². The Morgan fingerprint density at radius 2 is 2.00 bits per heavy atom. The lowest BCUT2D eigenvalue weighted by molar-refractivity contribution is 0.122. The summed E-state index contributed by atoms with van der Waals surface area (Å²) in [5.74, 6) is 2.04. The Morgan fingerprint density at radius 3 is 2.65 bits per heavy atom. The van der Waals surface area contributed by atoms with E-state index in [1.165, 1.54) is 6.20 Å². The molecule has 0 spiro atoms. The number of aromatic nitrogens is 4. The van der Waals surface area contributed by atoms with Crippen molar-refractivity contribution in [3.8, 4) is 0 Å². The highest BCUT2D eigenvalue weighted by atomic mass is 32.2. The molecule has 0 saturated carbocycles. The van der Waals surface area contributed by atoms with Gasteiger partial charge in [0.15, 0.2) is 5.03 Å². The van der Waals surface area contributed by atoms with Crippen molar-refractivity contribution in [1.29, 1.82) is 0 Å². The van der Waals surface area contributed by atoms with Crippen molar-refractivity contribution in [2.75, 3.05) is 31.2 Å². The normalized spacial score (nSPS) is 15.6. The van der Waals surface area contributed by atoms with Crippen LogP contribution in [0.1, 0.15) is 31.4 Å². The van der Waals surface area contributed by atoms with Crippen molar-refractivity contribution in [3.63, 3.8) is 0 Å². The van der Waals surface area contributed by atoms with Gasteiger partial charge in [-0.3, -0.25) is 0 Å². The number of aryl methyl sites for hydroxylation is 1. The fourth-order valence-corrected chi connectivity index (χ4v) is 3.77. The zero-order chi connectivity index (χ0) is 18.7. The summed E-state index contributed by atoms with van der Waals surface area (Å²) in [7, 11) is -1.94. The van der Waals surface area contributed by atoms with Crippen molar-refractivity contribution in [2.24, 2.45) is 7.05 Å². The Kier molecular flexibility index (Phi) is 5.54. The average Bonchev–Trinajstić information content (AvgIpc) is 3.04. The minimum Gasteiger partial charge on any atom is -0.378 e. The monoisotopic (exact) mass is 380 g/mol. The van der Waals surface area contributed by atoms with Gasteiger partial charge >= 0.3 is 0 Å². The highest BCUT2D eigenvalue weighted by molar-refractivity contribution is 7.89. The molecule has 3 rings (SSSR count). The van der Waals surface area contributed by atoms with E-state index in [2.05, 4.69) is 24.6 Å². The molecule has 9 nitrogen and oxygen atoms in total. The molecule has 0 radical (unpaired) electrons. The summed E-state index contributed by atoms with van der Waals surface area (Å²) in [5, 5.41) is 0.00744. The second-order valence-electron chi connectivity index (χ2n) is 6.46. The van der Waals surface area contributed by atoms with E-state index < -0.39 is 10.0 Å². The third-order valence-electron chi connectivity index (χ3n) is 4.13. The molecule has 0 aromatic carbocycles. The molecule has 0 unspecified atom stereocenters. The predicted octanol–water partition coefficient (Wildman–Crippen LogP) is 0.649. The number of sulfonamides is 1. The number of ether oxygens (including phenoxy) is 1. The fraction of sp³-hybridized carbons (Fsp3) is 0.562. The summed E-state index contributed by atoms with van der Waals surface area (Å²) >= 11 is 0. The fourth-order valence-electron chi connectivity index (χ4n) is 2.79. The zero-order valence-electron chi connectivity index (χ0n) is 15.2. The maximum Gasteiger partial charge on any atom is 0.260 e. The standard InChI is InChI=1S/C16H24N6O3S/c1-12(2)16-20-15(11-21(16)3)26(23,24)18-10-13-17-5-4-14(19-13)22-6-8-25-9-7-22/h4-5,11-12,18H,6-10H2,1-3H3. The molecular weight excluding hydrogens is 356 g/mol. The van der Waals surface area contributed by atoms with Crippen molar-refractivity contribution < 1.29 is 13.2 Å². The van der Waals surface area contributed by atoms with Crippen LogP contribution in [0.3, 0.4) is 0 Å². The Labute approximate surface area is 153 Å². The summed E-state index contributed by atoms with van der Waals surface area (Å²) in [5.41, 5.74) is 0. The molecule has 1 saturated heterocycles. The molecule has 142 valence electrons. The smallest absolute Gasteiger partial charge is 0.260 e. The maximum absolute atomic E-state index is 12.5. The topological polar surface area (TPSA) is 102 Å². The molecule has 26 heavy (non-hydrogen) atoms. The molecule has 0 amide bonds. The number of morpholine rings is 1. The second kappa shape index (κ2) is 7.68. The van der Waals surface area contributed by atoms with Gasteiger partial charge in [0.1, 0.15) is 17.5 Å². The average molecular weight is 380 g/mol. The van der Waals surface area contributed by atoms with Gasteiger partial charge in [-0.25, -0.2) is 28.1 Å². The van der Waals surface area contributed by atoms with E-state index in [4.69, 9.17) is 4.74 Å². The number of nitrogens with one attached hydrogen (secondary N) is 1. The van der Waals surface area contributed by atoms with Gasteiger partial charge in [-0.2, -0.15) is 0 Å². The largest absolute Gasteiger partial charge is 0.378 e. The van der Waals surface area contributed by atoms with E-state index >= 15 is 0 Å². The SMILES string of the molecule is CC(C)c1nc(S(=O)(=O)NCc2nccc(N3CCOCC3)n2)cn1C. The number of rotatable bonds is 6. The van der Waals surface area contributed by atoms with Crippen LogP contribution in [0.4, 0.5) is 5.82 Å². The van der Waals surface area contributed by atoms with Gasteiger partial charge in [0, 0.05) is 38.4 Å².